The Balaban J connectivity index is 1.66. The van der Waals surface area contributed by atoms with Crippen molar-refractivity contribution in [1.29, 1.82) is 0 Å². The summed E-state index contributed by atoms with van der Waals surface area (Å²) >= 11 is 0. The van der Waals surface area contributed by atoms with Gasteiger partial charge in [0.15, 0.2) is 17.0 Å². The lowest BCUT2D eigenvalue weighted by molar-refractivity contribution is -0.274. The molecule has 0 saturated carbocycles. The Morgan fingerprint density at radius 2 is 1.76 bits per heavy atom. The molecule has 2 aliphatic rings. The first-order chi connectivity index (χ1) is 16.3. The maximum atomic E-state index is 12.9. The lowest BCUT2D eigenvalue weighted by Gasteiger charge is -2.33. The molecule has 8 nitrogen and oxygen atoms in total. The molecular weight excluding hydrogens is 449 g/mol. The molecular formula is C23H27F3N6O2. The quantitative estimate of drug-likeness (QED) is 0.567. The Bertz CT molecular complexity index is 1170. The zero-order chi connectivity index (χ0) is 23.9. The van der Waals surface area contributed by atoms with E-state index in [1.807, 2.05) is 6.92 Å². The van der Waals surface area contributed by atoms with Gasteiger partial charge in [-0.2, -0.15) is 0 Å². The molecule has 2 aliphatic heterocycles. The molecule has 0 unspecified atom stereocenters. The minimum atomic E-state index is -4.77. The van der Waals surface area contributed by atoms with E-state index >= 15 is 0 Å². The van der Waals surface area contributed by atoms with Crippen LogP contribution in [0.25, 0.3) is 22.6 Å². The Kier molecular flexibility index (Phi) is 6.07. The fourth-order valence-corrected chi connectivity index (χ4v) is 4.63. The number of likely N-dealkylation sites (N-methyl/N-ethyl adjacent to an activating group) is 1. The van der Waals surface area contributed by atoms with Gasteiger partial charge in [-0.3, -0.25) is 0 Å². The number of hydrogen-bond donors (Lipinski definition) is 0. The van der Waals surface area contributed by atoms with Crippen LogP contribution in [0.4, 0.5) is 19.0 Å². The third-order valence-electron chi connectivity index (χ3n) is 6.32. The molecule has 11 heteroatoms. The lowest BCUT2D eigenvalue weighted by atomic mass is 10.1. The van der Waals surface area contributed by atoms with E-state index in [0.29, 0.717) is 41.6 Å². The summed E-state index contributed by atoms with van der Waals surface area (Å²) in [4.78, 5) is 18.9. The van der Waals surface area contributed by atoms with Gasteiger partial charge in [-0.25, -0.2) is 15.0 Å². The van der Waals surface area contributed by atoms with Crippen LogP contribution in [0.1, 0.15) is 24.7 Å². The number of halogens is 3. The monoisotopic (exact) mass is 476 g/mol. The molecule has 0 atom stereocenters. The molecule has 5 rings (SSSR count). The van der Waals surface area contributed by atoms with Crippen molar-refractivity contribution in [3.8, 4) is 17.1 Å². The third-order valence-corrected chi connectivity index (χ3v) is 6.32. The highest BCUT2D eigenvalue weighted by Crippen LogP contribution is 2.36. The molecule has 0 bridgehead atoms. The predicted molar refractivity (Wildman–Crippen MR) is 121 cm³/mol. The second-order valence-electron chi connectivity index (χ2n) is 8.78. The molecule has 0 N–H and O–H groups in total. The van der Waals surface area contributed by atoms with Crippen LogP contribution in [0.3, 0.4) is 0 Å². The Hall–Kier alpha value is -2.92. The molecule has 0 radical (unpaired) electrons. The zero-order valence-electron chi connectivity index (χ0n) is 19.2. The molecule has 2 fully saturated rings. The maximum Gasteiger partial charge on any atom is 0.573 e. The van der Waals surface area contributed by atoms with Crippen molar-refractivity contribution in [2.45, 2.75) is 32.2 Å². The van der Waals surface area contributed by atoms with Gasteiger partial charge in [-0.05, 0) is 38.9 Å². The summed E-state index contributed by atoms with van der Waals surface area (Å²) in [6.45, 7) is 6.53. The predicted octanol–water partition coefficient (Wildman–Crippen LogP) is 3.80. The van der Waals surface area contributed by atoms with Gasteiger partial charge in [-0.15, -0.1) is 13.2 Å². The maximum absolute atomic E-state index is 12.9. The smallest absolute Gasteiger partial charge is 0.406 e. The Labute approximate surface area is 195 Å². The SMILES string of the molecule is Cc1nc(N2CCN(C)CC2)c2nc(-c3cccc(OC(F)(F)F)c3)n(C3CCOCC3)c2n1. The first-order valence-corrected chi connectivity index (χ1v) is 11.4. The van der Waals surface area contributed by atoms with Gasteiger partial charge < -0.3 is 23.8 Å². The van der Waals surface area contributed by atoms with Crippen molar-refractivity contribution in [2.24, 2.45) is 0 Å². The molecule has 182 valence electrons. The van der Waals surface area contributed by atoms with Gasteiger partial charge in [-0.1, -0.05) is 12.1 Å². The third kappa shape index (κ3) is 4.67. The van der Waals surface area contributed by atoms with Gasteiger partial charge in [0.05, 0.1) is 0 Å². The number of hydrogen-bond acceptors (Lipinski definition) is 7. The van der Waals surface area contributed by atoms with Crippen molar-refractivity contribution in [2.75, 3.05) is 51.3 Å². The second kappa shape index (κ2) is 9.03. The van der Waals surface area contributed by atoms with E-state index in [1.54, 1.807) is 12.1 Å². The fraction of sp³-hybridized carbons (Fsp3) is 0.522. The van der Waals surface area contributed by atoms with E-state index in [9.17, 15) is 13.2 Å². The van der Waals surface area contributed by atoms with Crippen LogP contribution in [0.2, 0.25) is 0 Å². The standard InChI is InChI=1S/C23H27F3N6O2/c1-15-27-21(31-10-8-30(2)9-11-31)19-22(28-15)32(17-6-12-33-13-7-17)20(29-19)16-4-3-5-18(14-16)34-23(24,25)26/h3-5,14,17H,6-13H2,1-2H3. The van der Waals surface area contributed by atoms with E-state index in [2.05, 4.69) is 26.2 Å². The average Bonchev–Trinajstić information content (AvgIpc) is 3.18. The molecule has 4 heterocycles. The fourth-order valence-electron chi connectivity index (χ4n) is 4.63. The number of anilines is 1. The highest BCUT2D eigenvalue weighted by molar-refractivity contribution is 5.87. The summed E-state index contributed by atoms with van der Waals surface area (Å²) in [6.07, 6.45) is -3.23. The summed E-state index contributed by atoms with van der Waals surface area (Å²) in [5.41, 5.74) is 1.90. The van der Waals surface area contributed by atoms with Crippen LogP contribution in [0, 0.1) is 6.92 Å². The van der Waals surface area contributed by atoms with Crippen molar-refractivity contribution in [1.82, 2.24) is 24.4 Å². The van der Waals surface area contributed by atoms with Crippen LogP contribution in [-0.2, 0) is 4.74 Å². The first-order valence-electron chi connectivity index (χ1n) is 11.4. The van der Waals surface area contributed by atoms with Gasteiger partial charge in [0.1, 0.15) is 17.4 Å². The number of nitrogens with zero attached hydrogens (tertiary/aromatic N) is 6. The first kappa shape index (κ1) is 22.9. The van der Waals surface area contributed by atoms with Crippen molar-refractivity contribution < 1.29 is 22.6 Å². The van der Waals surface area contributed by atoms with E-state index in [0.717, 1.165) is 44.8 Å². The van der Waals surface area contributed by atoms with E-state index in [4.69, 9.17) is 19.7 Å². The average molecular weight is 477 g/mol. The van der Waals surface area contributed by atoms with Crippen molar-refractivity contribution in [3.05, 3.63) is 30.1 Å². The molecule has 0 amide bonds. The van der Waals surface area contributed by atoms with Crippen molar-refractivity contribution in [3.63, 3.8) is 0 Å². The normalized spacial score (nSPS) is 18.6. The van der Waals surface area contributed by atoms with Crippen LogP contribution >= 0.6 is 0 Å². The topological polar surface area (TPSA) is 68.5 Å². The Morgan fingerprint density at radius 3 is 2.47 bits per heavy atom. The number of fused-ring (bicyclic) bond motifs is 1. The van der Waals surface area contributed by atoms with Gasteiger partial charge in [0.2, 0.25) is 0 Å². The van der Waals surface area contributed by atoms with Crippen LogP contribution in [0.15, 0.2) is 24.3 Å². The second-order valence-corrected chi connectivity index (χ2v) is 8.78. The Morgan fingerprint density at radius 1 is 1.03 bits per heavy atom. The van der Waals surface area contributed by atoms with Crippen LogP contribution in [0.5, 0.6) is 5.75 Å². The summed E-state index contributed by atoms with van der Waals surface area (Å²) in [7, 11) is 2.09. The largest absolute Gasteiger partial charge is 0.573 e. The number of piperazine rings is 1. The van der Waals surface area contributed by atoms with E-state index < -0.39 is 6.36 Å². The molecule has 3 aromatic rings. The van der Waals surface area contributed by atoms with Crippen LogP contribution in [-0.4, -0.2) is 77.2 Å². The molecule has 0 spiro atoms. The molecule has 0 aliphatic carbocycles. The van der Waals surface area contributed by atoms with Gasteiger partial charge >= 0.3 is 6.36 Å². The minimum absolute atomic E-state index is 0.0654. The van der Waals surface area contributed by atoms with Gasteiger partial charge in [0, 0.05) is 51.0 Å². The number of rotatable bonds is 4. The molecule has 2 saturated heterocycles. The number of aromatic nitrogens is 4. The highest BCUT2D eigenvalue weighted by Gasteiger charge is 2.32. The summed E-state index contributed by atoms with van der Waals surface area (Å²) in [5.74, 6) is 1.68. The van der Waals surface area contributed by atoms with Gasteiger partial charge in [0.25, 0.3) is 0 Å². The number of ether oxygens (including phenoxy) is 2. The van der Waals surface area contributed by atoms with E-state index in [-0.39, 0.29) is 11.8 Å². The van der Waals surface area contributed by atoms with E-state index in [1.165, 1.54) is 12.1 Å². The van der Waals surface area contributed by atoms with Crippen LogP contribution < -0.4 is 9.64 Å². The molecule has 1 aromatic carbocycles. The number of imidazole rings is 1. The number of aryl methyl sites for hydroxylation is 1. The molecule has 2 aromatic heterocycles. The highest BCUT2D eigenvalue weighted by atomic mass is 19.4. The molecule has 34 heavy (non-hydrogen) atoms. The van der Waals surface area contributed by atoms with Crippen molar-refractivity contribution >= 4 is 17.0 Å². The lowest BCUT2D eigenvalue weighted by Crippen LogP contribution is -2.45. The minimum Gasteiger partial charge on any atom is -0.406 e. The summed E-state index contributed by atoms with van der Waals surface area (Å²) in [5, 5.41) is 0. The number of benzene rings is 1. The summed E-state index contributed by atoms with van der Waals surface area (Å²) in [6, 6.07) is 6.02. The summed E-state index contributed by atoms with van der Waals surface area (Å²) < 4.78 is 50.4. The number of alkyl halides is 3. The zero-order valence-corrected chi connectivity index (χ0v) is 19.2.